The maximum absolute atomic E-state index is 12.0. The van der Waals surface area contributed by atoms with Crippen molar-refractivity contribution in [3.8, 4) is 33.1 Å². The Morgan fingerprint density at radius 2 is 1.97 bits per heavy atom. The van der Waals surface area contributed by atoms with Gasteiger partial charge in [-0.3, -0.25) is 19.9 Å². The molecular formula is C26H21N7OS. The van der Waals surface area contributed by atoms with Gasteiger partial charge in [0.25, 0.3) is 0 Å². The molecule has 172 valence electrons. The van der Waals surface area contributed by atoms with E-state index in [0.717, 1.165) is 55.8 Å². The number of fused-ring (bicyclic) bond motifs is 2. The summed E-state index contributed by atoms with van der Waals surface area (Å²) in [4.78, 5) is 30.1. The SMILES string of the molecule is CCCC(=O)Nc1cncc(-c2cnc3n[nH]c(-c4cc5c(-c6cccs6)nccc5[nH]4)c3c2)c1. The minimum atomic E-state index is -0.0210. The number of amides is 1. The number of rotatable bonds is 6. The molecule has 6 rings (SSSR count). The Morgan fingerprint density at radius 3 is 2.83 bits per heavy atom. The van der Waals surface area contributed by atoms with E-state index in [1.54, 1.807) is 29.9 Å². The van der Waals surface area contributed by atoms with Gasteiger partial charge < -0.3 is 10.3 Å². The Labute approximate surface area is 204 Å². The quantitative estimate of drug-likeness (QED) is 0.270. The van der Waals surface area contributed by atoms with Crippen LogP contribution >= 0.6 is 11.3 Å². The average Bonchev–Trinajstić information content (AvgIpc) is 3.63. The number of H-pyrrole nitrogens is 2. The maximum Gasteiger partial charge on any atom is 0.224 e. The van der Waals surface area contributed by atoms with E-state index in [-0.39, 0.29) is 5.91 Å². The molecule has 0 aromatic carbocycles. The van der Waals surface area contributed by atoms with Crippen molar-refractivity contribution in [2.24, 2.45) is 0 Å². The molecule has 0 aliphatic rings. The molecule has 35 heavy (non-hydrogen) atoms. The molecule has 0 fully saturated rings. The Bertz CT molecular complexity index is 1670. The Kier molecular flexibility index (Phi) is 5.31. The van der Waals surface area contributed by atoms with Gasteiger partial charge in [-0.1, -0.05) is 13.0 Å². The summed E-state index contributed by atoms with van der Waals surface area (Å²) in [5, 5.41) is 14.4. The van der Waals surface area contributed by atoms with Crippen LogP contribution < -0.4 is 5.32 Å². The summed E-state index contributed by atoms with van der Waals surface area (Å²) in [5.41, 5.74) is 6.75. The molecule has 0 radical (unpaired) electrons. The molecule has 6 heterocycles. The number of carbonyl (C=O) groups is 1. The van der Waals surface area contributed by atoms with Crippen LogP contribution in [0.25, 0.3) is 55.0 Å². The van der Waals surface area contributed by atoms with E-state index < -0.39 is 0 Å². The minimum absolute atomic E-state index is 0.0210. The third-order valence-electron chi connectivity index (χ3n) is 5.81. The molecule has 6 aromatic heterocycles. The van der Waals surface area contributed by atoms with Crippen molar-refractivity contribution < 1.29 is 4.79 Å². The van der Waals surface area contributed by atoms with Crippen molar-refractivity contribution in [1.82, 2.24) is 30.1 Å². The van der Waals surface area contributed by atoms with Gasteiger partial charge in [0.15, 0.2) is 5.65 Å². The van der Waals surface area contributed by atoms with E-state index in [2.05, 4.69) is 53.0 Å². The molecule has 0 bridgehead atoms. The number of hydrogen-bond acceptors (Lipinski definition) is 6. The van der Waals surface area contributed by atoms with Crippen molar-refractivity contribution in [2.75, 3.05) is 5.32 Å². The Morgan fingerprint density at radius 1 is 1.06 bits per heavy atom. The molecule has 0 saturated carbocycles. The normalized spacial score (nSPS) is 11.3. The first-order valence-electron chi connectivity index (χ1n) is 11.3. The van der Waals surface area contributed by atoms with Crippen LogP contribution in [-0.4, -0.2) is 36.0 Å². The summed E-state index contributed by atoms with van der Waals surface area (Å²) >= 11 is 1.67. The molecule has 3 N–H and O–H groups in total. The standard InChI is InChI=1S/C26H21N7OS/c1-2-4-23(34)30-17-9-15(12-27-14-17)16-10-19-24(32-33-26(19)29-13-16)21-11-18-20(31-21)6-7-28-25(18)22-5-3-8-35-22/h3,5-14,31H,2,4H2,1H3,(H,30,34)(H,29,32,33). The smallest absolute Gasteiger partial charge is 0.224 e. The molecule has 9 heteroatoms. The third kappa shape index (κ3) is 3.95. The van der Waals surface area contributed by atoms with Gasteiger partial charge in [0.1, 0.15) is 0 Å². The van der Waals surface area contributed by atoms with Crippen molar-refractivity contribution in [3.05, 3.63) is 66.6 Å². The van der Waals surface area contributed by atoms with Gasteiger partial charge >= 0.3 is 0 Å². The second-order valence-electron chi connectivity index (χ2n) is 8.24. The van der Waals surface area contributed by atoms with E-state index in [4.69, 9.17) is 0 Å². The van der Waals surface area contributed by atoms with Crippen molar-refractivity contribution in [1.29, 1.82) is 0 Å². The van der Waals surface area contributed by atoms with E-state index in [1.807, 2.05) is 37.4 Å². The van der Waals surface area contributed by atoms with Crippen LogP contribution in [0.2, 0.25) is 0 Å². The monoisotopic (exact) mass is 479 g/mol. The summed E-state index contributed by atoms with van der Waals surface area (Å²) in [6.45, 7) is 1.98. The van der Waals surface area contributed by atoms with E-state index in [0.29, 0.717) is 17.8 Å². The van der Waals surface area contributed by atoms with Gasteiger partial charge in [0.05, 0.1) is 33.8 Å². The molecule has 0 atom stereocenters. The molecular weight excluding hydrogens is 458 g/mol. The molecule has 6 aromatic rings. The number of thiophene rings is 1. The lowest BCUT2D eigenvalue weighted by Gasteiger charge is -2.07. The fraction of sp³-hybridized carbons (Fsp3) is 0.115. The zero-order valence-corrected chi connectivity index (χ0v) is 19.7. The van der Waals surface area contributed by atoms with E-state index in [1.165, 1.54) is 0 Å². The number of aromatic nitrogens is 6. The number of pyridine rings is 3. The summed E-state index contributed by atoms with van der Waals surface area (Å²) in [7, 11) is 0. The largest absolute Gasteiger partial charge is 0.353 e. The number of nitrogens with zero attached hydrogens (tertiary/aromatic N) is 4. The van der Waals surface area contributed by atoms with E-state index >= 15 is 0 Å². The first kappa shape index (κ1) is 21.2. The first-order chi connectivity index (χ1) is 17.2. The number of nitrogens with one attached hydrogen (secondary N) is 3. The van der Waals surface area contributed by atoms with Crippen LogP contribution in [0.3, 0.4) is 0 Å². The predicted octanol–water partition coefficient (Wildman–Crippen LogP) is 6.03. The van der Waals surface area contributed by atoms with Crippen molar-refractivity contribution in [2.45, 2.75) is 19.8 Å². The van der Waals surface area contributed by atoms with Crippen molar-refractivity contribution in [3.63, 3.8) is 0 Å². The lowest BCUT2D eigenvalue weighted by molar-refractivity contribution is -0.116. The van der Waals surface area contributed by atoms with E-state index in [9.17, 15) is 4.79 Å². The van der Waals surface area contributed by atoms with Crippen LogP contribution in [0.1, 0.15) is 19.8 Å². The average molecular weight is 480 g/mol. The number of hydrogen-bond donors (Lipinski definition) is 3. The molecule has 0 unspecified atom stereocenters. The highest BCUT2D eigenvalue weighted by Gasteiger charge is 2.16. The topological polar surface area (TPSA) is 112 Å². The van der Waals surface area contributed by atoms with Gasteiger partial charge in [-0.2, -0.15) is 5.10 Å². The third-order valence-corrected chi connectivity index (χ3v) is 6.69. The second kappa shape index (κ2) is 8.77. The molecule has 0 saturated heterocycles. The summed E-state index contributed by atoms with van der Waals surface area (Å²) in [5.74, 6) is -0.0210. The highest BCUT2D eigenvalue weighted by atomic mass is 32.1. The zero-order valence-electron chi connectivity index (χ0n) is 18.9. The Balaban J connectivity index is 1.40. The number of carbonyl (C=O) groups excluding carboxylic acids is 1. The Hall–Kier alpha value is -4.37. The van der Waals surface area contributed by atoms with Crippen LogP contribution in [-0.2, 0) is 4.79 Å². The molecule has 0 aliphatic heterocycles. The lowest BCUT2D eigenvalue weighted by atomic mass is 10.1. The van der Waals surface area contributed by atoms with Crippen LogP contribution in [0.15, 0.2) is 66.6 Å². The lowest BCUT2D eigenvalue weighted by Crippen LogP contribution is -2.10. The first-order valence-corrected chi connectivity index (χ1v) is 12.2. The highest BCUT2D eigenvalue weighted by Crippen LogP contribution is 2.35. The number of anilines is 1. The molecule has 1 amide bonds. The van der Waals surface area contributed by atoms with Gasteiger partial charge in [-0.15, -0.1) is 11.3 Å². The predicted molar refractivity (Wildman–Crippen MR) is 139 cm³/mol. The van der Waals surface area contributed by atoms with Gasteiger partial charge in [0, 0.05) is 52.4 Å². The van der Waals surface area contributed by atoms with Gasteiger partial charge in [-0.05, 0) is 42.1 Å². The van der Waals surface area contributed by atoms with Crippen molar-refractivity contribution >= 4 is 44.9 Å². The van der Waals surface area contributed by atoms with Crippen LogP contribution in [0.5, 0.6) is 0 Å². The second-order valence-corrected chi connectivity index (χ2v) is 9.18. The van der Waals surface area contributed by atoms with Crippen LogP contribution in [0, 0.1) is 0 Å². The fourth-order valence-electron chi connectivity index (χ4n) is 4.18. The molecule has 0 spiro atoms. The zero-order chi connectivity index (χ0) is 23.8. The van der Waals surface area contributed by atoms with Crippen LogP contribution in [0.4, 0.5) is 5.69 Å². The molecule has 0 aliphatic carbocycles. The van der Waals surface area contributed by atoms with Gasteiger partial charge in [0.2, 0.25) is 5.91 Å². The summed E-state index contributed by atoms with van der Waals surface area (Å²) in [6, 6.07) is 12.1. The highest BCUT2D eigenvalue weighted by molar-refractivity contribution is 7.13. The minimum Gasteiger partial charge on any atom is -0.353 e. The van der Waals surface area contributed by atoms with Gasteiger partial charge in [-0.25, -0.2) is 4.98 Å². The summed E-state index contributed by atoms with van der Waals surface area (Å²) < 4.78 is 0. The number of aromatic amines is 2. The molecule has 8 nitrogen and oxygen atoms in total. The fourth-order valence-corrected chi connectivity index (χ4v) is 4.91. The maximum atomic E-state index is 12.0. The summed E-state index contributed by atoms with van der Waals surface area (Å²) in [6.07, 6.45) is 8.27.